The first kappa shape index (κ1) is 18.8. The average Bonchev–Trinajstić information content (AvgIpc) is 3.02. The maximum absolute atomic E-state index is 14.2. The smallest absolute Gasteiger partial charge is 0.332 e. The standard InChI is InChI=1S/C18H23FN6O2/c1-20-9-6-10-21-17-22-15-14(16(26)24(3)18(27)23(15)2)25(17)11-12-7-4-5-8-13(12)19/h4-5,7-8,20H,6,9-11H2,1-3H3,(H,21,22). The Kier molecular flexibility index (Phi) is 5.41. The van der Waals surface area contributed by atoms with E-state index in [1.54, 1.807) is 29.8 Å². The Morgan fingerprint density at radius 3 is 2.56 bits per heavy atom. The minimum Gasteiger partial charge on any atom is -0.356 e. The molecule has 0 aliphatic rings. The van der Waals surface area contributed by atoms with E-state index < -0.39 is 11.2 Å². The van der Waals surface area contributed by atoms with Gasteiger partial charge in [0.05, 0.1) is 6.54 Å². The van der Waals surface area contributed by atoms with Crippen molar-refractivity contribution in [1.29, 1.82) is 0 Å². The van der Waals surface area contributed by atoms with Crippen molar-refractivity contribution in [3.8, 4) is 0 Å². The van der Waals surface area contributed by atoms with Gasteiger partial charge in [-0.3, -0.25) is 18.5 Å². The van der Waals surface area contributed by atoms with Gasteiger partial charge in [0.2, 0.25) is 5.95 Å². The van der Waals surface area contributed by atoms with Crippen molar-refractivity contribution >= 4 is 17.1 Å². The summed E-state index contributed by atoms with van der Waals surface area (Å²) >= 11 is 0. The highest BCUT2D eigenvalue weighted by atomic mass is 19.1. The fourth-order valence-electron chi connectivity index (χ4n) is 3.00. The van der Waals surface area contributed by atoms with E-state index in [4.69, 9.17) is 0 Å². The number of aromatic nitrogens is 4. The number of fused-ring (bicyclic) bond motifs is 1. The highest BCUT2D eigenvalue weighted by molar-refractivity contribution is 5.74. The van der Waals surface area contributed by atoms with Crippen LogP contribution >= 0.6 is 0 Å². The zero-order valence-corrected chi connectivity index (χ0v) is 15.6. The SMILES string of the molecule is CNCCCNc1nc2c(c(=O)n(C)c(=O)n2C)n1Cc1ccccc1F. The van der Waals surface area contributed by atoms with E-state index in [1.165, 1.54) is 17.7 Å². The molecule has 0 saturated carbocycles. The molecule has 27 heavy (non-hydrogen) atoms. The first-order valence-corrected chi connectivity index (χ1v) is 8.73. The summed E-state index contributed by atoms with van der Waals surface area (Å²) in [5.74, 6) is 0.0739. The number of aryl methyl sites for hydroxylation is 1. The van der Waals surface area contributed by atoms with E-state index >= 15 is 0 Å². The molecule has 3 rings (SSSR count). The second kappa shape index (κ2) is 7.75. The first-order chi connectivity index (χ1) is 13.0. The second-order valence-electron chi connectivity index (χ2n) is 6.37. The van der Waals surface area contributed by atoms with Gasteiger partial charge < -0.3 is 10.6 Å². The van der Waals surface area contributed by atoms with Gasteiger partial charge in [0.1, 0.15) is 5.82 Å². The van der Waals surface area contributed by atoms with Gasteiger partial charge in [-0.05, 0) is 26.1 Å². The fraction of sp³-hybridized carbons (Fsp3) is 0.389. The second-order valence-corrected chi connectivity index (χ2v) is 6.37. The van der Waals surface area contributed by atoms with Gasteiger partial charge in [-0.1, -0.05) is 18.2 Å². The summed E-state index contributed by atoms with van der Waals surface area (Å²) < 4.78 is 18.2. The first-order valence-electron chi connectivity index (χ1n) is 8.73. The van der Waals surface area contributed by atoms with Gasteiger partial charge in [0.25, 0.3) is 5.56 Å². The third kappa shape index (κ3) is 3.50. The van der Waals surface area contributed by atoms with Crippen LogP contribution in [-0.2, 0) is 20.6 Å². The number of nitrogens with zero attached hydrogens (tertiary/aromatic N) is 4. The molecule has 2 aromatic heterocycles. The molecule has 2 heterocycles. The van der Waals surface area contributed by atoms with E-state index in [9.17, 15) is 14.0 Å². The van der Waals surface area contributed by atoms with Crippen LogP contribution in [0.2, 0.25) is 0 Å². The monoisotopic (exact) mass is 374 g/mol. The maximum atomic E-state index is 14.2. The largest absolute Gasteiger partial charge is 0.356 e. The van der Waals surface area contributed by atoms with Crippen LogP contribution in [0.1, 0.15) is 12.0 Å². The maximum Gasteiger partial charge on any atom is 0.332 e. The number of rotatable bonds is 7. The molecule has 0 fully saturated rings. The molecule has 0 aliphatic carbocycles. The molecule has 0 spiro atoms. The lowest BCUT2D eigenvalue weighted by molar-refractivity contribution is 0.601. The van der Waals surface area contributed by atoms with Crippen molar-refractivity contribution < 1.29 is 4.39 Å². The molecule has 144 valence electrons. The molecular weight excluding hydrogens is 351 g/mol. The Morgan fingerprint density at radius 2 is 1.85 bits per heavy atom. The fourth-order valence-corrected chi connectivity index (χ4v) is 3.00. The molecule has 0 aliphatic heterocycles. The predicted molar refractivity (Wildman–Crippen MR) is 103 cm³/mol. The summed E-state index contributed by atoms with van der Waals surface area (Å²) in [5.41, 5.74) is 0.0606. The van der Waals surface area contributed by atoms with Gasteiger partial charge in [-0.15, -0.1) is 0 Å². The van der Waals surface area contributed by atoms with Crippen LogP contribution in [0, 0.1) is 5.82 Å². The molecule has 0 bridgehead atoms. The van der Waals surface area contributed by atoms with Gasteiger partial charge >= 0.3 is 5.69 Å². The van der Waals surface area contributed by atoms with Gasteiger partial charge in [-0.2, -0.15) is 4.98 Å². The molecule has 1 aromatic carbocycles. The molecular formula is C18H23FN6O2. The van der Waals surface area contributed by atoms with Crippen molar-refractivity contribution in [2.75, 3.05) is 25.5 Å². The molecule has 0 unspecified atom stereocenters. The minimum atomic E-state index is -0.458. The lowest BCUT2D eigenvalue weighted by atomic mass is 10.2. The van der Waals surface area contributed by atoms with Gasteiger partial charge in [-0.25, -0.2) is 9.18 Å². The number of nitrogens with one attached hydrogen (secondary N) is 2. The summed E-state index contributed by atoms with van der Waals surface area (Å²) in [5, 5.41) is 6.26. The van der Waals surface area contributed by atoms with Crippen LogP contribution in [0.15, 0.2) is 33.9 Å². The van der Waals surface area contributed by atoms with Crippen LogP contribution in [0.25, 0.3) is 11.2 Å². The summed E-state index contributed by atoms with van der Waals surface area (Å²) in [6.45, 7) is 1.57. The highest BCUT2D eigenvalue weighted by Crippen LogP contribution is 2.19. The minimum absolute atomic E-state index is 0.130. The van der Waals surface area contributed by atoms with Crippen LogP contribution in [0.5, 0.6) is 0 Å². The lowest BCUT2D eigenvalue weighted by Gasteiger charge is -2.11. The quantitative estimate of drug-likeness (QED) is 0.593. The molecule has 0 radical (unpaired) electrons. The number of hydrogen-bond acceptors (Lipinski definition) is 5. The number of hydrogen-bond donors (Lipinski definition) is 2. The van der Waals surface area contributed by atoms with Crippen LogP contribution < -0.4 is 21.9 Å². The van der Waals surface area contributed by atoms with E-state index in [0.29, 0.717) is 18.1 Å². The number of imidazole rings is 1. The molecule has 9 heteroatoms. The number of benzene rings is 1. The topological polar surface area (TPSA) is 85.9 Å². The Hall–Kier alpha value is -2.94. The van der Waals surface area contributed by atoms with Crippen molar-refractivity contribution in [2.24, 2.45) is 14.1 Å². The zero-order valence-electron chi connectivity index (χ0n) is 15.6. The number of anilines is 1. The third-order valence-corrected chi connectivity index (χ3v) is 4.52. The van der Waals surface area contributed by atoms with Gasteiger partial charge in [0, 0.05) is 26.2 Å². The van der Waals surface area contributed by atoms with Crippen LogP contribution in [0.4, 0.5) is 10.3 Å². The van der Waals surface area contributed by atoms with E-state index in [-0.39, 0.29) is 23.5 Å². The van der Waals surface area contributed by atoms with Crippen LogP contribution in [0.3, 0.4) is 0 Å². The van der Waals surface area contributed by atoms with Crippen molar-refractivity contribution in [3.05, 3.63) is 56.5 Å². The van der Waals surface area contributed by atoms with Gasteiger partial charge in [0.15, 0.2) is 11.2 Å². The van der Waals surface area contributed by atoms with E-state index in [0.717, 1.165) is 17.5 Å². The lowest BCUT2D eigenvalue weighted by Crippen LogP contribution is -2.37. The normalized spacial score (nSPS) is 11.3. The molecule has 0 amide bonds. The van der Waals surface area contributed by atoms with E-state index in [1.807, 2.05) is 7.05 Å². The van der Waals surface area contributed by atoms with Crippen molar-refractivity contribution in [2.45, 2.75) is 13.0 Å². The molecule has 2 N–H and O–H groups in total. The third-order valence-electron chi connectivity index (χ3n) is 4.52. The Bertz CT molecular complexity index is 1080. The van der Waals surface area contributed by atoms with Crippen LogP contribution in [-0.4, -0.2) is 38.8 Å². The Labute approximate surface area is 155 Å². The van der Waals surface area contributed by atoms with E-state index in [2.05, 4.69) is 15.6 Å². The molecule has 8 nitrogen and oxygen atoms in total. The summed E-state index contributed by atoms with van der Waals surface area (Å²) in [6.07, 6.45) is 0.844. The molecule has 0 saturated heterocycles. The summed E-state index contributed by atoms with van der Waals surface area (Å²) in [4.78, 5) is 29.4. The summed E-state index contributed by atoms with van der Waals surface area (Å²) in [7, 11) is 4.85. The Morgan fingerprint density at radius 1 is 1.11 bits per heavy atom. The van der Waals surface area contributed by atoms with Crippen molar-refractivity contribution in [1.82, 2.24) is 24.0 Å². The predicted octanol–water partition coefficient (Wildman–Crippen LogP) is 0.643. The zero-order chi connectivity index (χ0) is 19.6. The molecule has 0 atom stereocenters. The highest BCUT2D eigenvalue weighted by Gasteiger charge is 2.19. The summed E-state index contributed by atoms with van der Waals surface area (Å²) in [6, 6.07) is 6.40. The average molecular weight is 374 g/mol. The van der Waals surface area contributed by atoms with Crippen molar-refractivity contribution in [3.63, 3.8) is 0 Å². The molecule has 3 aromatic rings. The Balaban J connectivity index is 2.16. The number of halogens is 1.